The Hall–Kier alpha value is -0.760. The van der Waals surface area contributed by atoms with Gasteiger partial charge in [0.15, 0.2) is 5.82 Å². The third-order valence-corrected chi connectivity index (χ3v) is 1.19. The van der Waals surface area contributed by atoms with Crippen molar-refractivity contribution in [1.82, 2.24) is 4.98 Å². The summed E-state index contributed by atoms with van der Waals surface area (Å²) in [5, 5.41) is 2.79. The third kappa shape index (κ3) is 1.88. The second-order valence-electron chi connectivity index (χ2n) is 1.54. The first kappa shape index (κ1) is 7.35. The molecule has 0 aromatic carbocycles. The highest BCUT2D eigenvalue weighted by molar-refractivity contribution is 7.78. The topological polar surface area (TPSA) is 25.2 Å². The Bertz CT molecular complexity index is 264. The van der Waals surface area contributed by atoms with Crippen LogP contribution in [0.2, 0.25) is 5.02 Å². The smallest absolute Gasteiger partial charge is 0.162 e. The molecule has 0 unspecified atom stereocenters. The average molecular weight is 171 g/mol. The molecule has 0 fully saturated rings. The second-order valence-corrected chi connectivity index (χ2v) is 2.16. The van der Waals surface area contributed by atoms with Crippen LogP contribution in [0.15, 0.2) is 23.3 Å². The molecule has 0 saturated heterocycles. The number of halogens is 1. The molecule has 10 heavy (non-hydrogen) atoms. The van der Waals surface area contributed by atoms with E-state index in [1.165, 1.54) is 6.20 Å². The summed E-state index contributed by atoms with van der Waals surface area (Å²) in [5.74, 6) is 0.527. The summed E-state index contributed by atoms with van der Waals surface area (Å²) >= 11 is 9.94. The van der Waals surface area contributed by atoms with E-state index >= 15 is 0 Å². The van der Waals surface area contributed by atoms with Crippen LogP contribution in [-0.2, 0) is 0 Å². The van der Waals surface area contributed by atoms with E-state index in [2.05, 4.69) is 27.4 Å². The van der Waals surface area contributed by atoms with E-state index in [0.29, 0.717) is 10.8 Å². The minimum Gasteiger partial charge on any atom is -0.235 e. The fourth-order valence-electron chi connectivity index (χ4n) is 0.481. The molecule has 0 amide bonds. The summed E-state index contributed by atoms with van der Waals surface area (Å²) in [7, 11) is 0. The van der Waals surface area contributed by atoms with Crippen LogP contribution >= 0.6 is 23.8 Å². The normalized spacial score (nSPS) is 8.50. The number of thiocarbonyl (C=S) groups is 1. The molecule has 0 saturated carbocycles. The monoisotopic (exact) mass is 170 g/mol. The van der Waals surface area contributed by atoms with Crippen LogP contribution in [0.5, 0.6) is 0 Å². The number of aliphatic imine (C=N–C) groups is 1. The Labute approximate surface area is 68.6 Å². The van der Waals surface area contributed by atoms with Crippen molar-refractivity contribution in [3.05, 3.63) is 23.4 Å². The third-order valence-electron chi connectivity index (χ3n) is 0.872. The Morgan fingerprint density at radius 1 is 1.60 bits per heavy atom. The molecule has 4 heteroatoms. The molecular formula is C6H3ClN2S. The zero-order chi connectivity index (χ0) is 7.40. The van der Waals surface area contributed by atoms with E-state index < -0.39 is 0 Å². The Morgan fingerprint density at radius 2 is 2.40 bits per heavy atom. The molecule has 0 aliphatic carbocycles. The lowest BCUT2D eigenvalue weighted by atomic mass is 10.5. The fraction of sp³-hybridized carbons (Fsp3) is 0. The largest absolute Gasteiger partial charge is 0.235 e. The molecule has 1 heterocycles. The molecule has 0 bridgehead atoms. The predicted octanol–water partition coefficient (Wildman–Crippen LogP) is 2.47. The van der Waals surface area contributed by atoms with Crippen LogP contribution in [-0.4, -0.2) is 10.1 Å². The van der Waals surface area contributed by atoms with Gasteiger partial charge in [0.2, 0.25) is 0 Å². The first-order valence-electron chi connectivity index (χ1n) is 2.52. The van der Waals surface area contributed by atoms with Gasteiger partial charge < -0.3 is 0 Å². The number of isothiocyanates is 1. The van der Waals surface area contributed by atoms with Gasteiger partial charge in [0, 0.05) is 6.20 Å². The molecule has 2 nitrogen and oxygen atoms in total. The minimum atomic E-state index is 0.527. The first-order chi connectivity index (χ1) is 4.83. The van der Waals surface area contributed by atoms with E-state index in [0.717, 1.165) is 0 Å². The van der Waals surface area contributed by atoms with Crippen molar-refractivity contribution in [3.63, 3.8) is 0 Å². The van der Waals surface area contributed by atoms with Gasteiger partial charge in [0.25, 0.3) is 0 Å². The van der Waals surface area contributed by atoms with Gasteiger partial charge in [-0.05, 0) is 24.4 Å². The number of hydrogen-bond acceptors (Lipinski definition) is 3. The molecule has 0 spiro atoms. The Morgan fingerprint density at radius 3 is 2.90 bits per heavy atom. The minimum absolute atomic E-state index is 0.527. The van der Waals surface area contributed by atoms with Gasteiger partial charge in [-0.2, -0.15) is 4.99 Å². The molecule has 0 N–H and O–H groups in total. The van der Waals surface area contributed by atoms with E-state index in [4.69, 9.17) is 11.6 Å². The predicted molar refractivity (Wildman–Crippen MR) is 43.9 cm³/mol. The molecule has 1 aromatic rings. The molecule has 1 rings (SSSR count). The van der Waals surface area contributed by atoms with Gasteiger partial charge in [-0.25, -0.2) is 4.98 Å². The highest BCUT2D eigenvalue weighted by Crippen LogP contribution is 2.10. The van der Waals surface area contributed by atoms with Crippen molar-refractivity contribution in [2.45, 2.75) is 0 Å². The van der Waals surface area contributed by atoms with E-state index in [1.807, 2.05) is 0 Å². The van der Waals surface area contributed by atoms with Crippen LogP contribution in [0.25, 0.3) is 0 Å². The SMILES string of the molecule is S=C=Nc1ccc(Cl)cn1. The molecule has 0 aliphatic heterocycles. The molecule has 0 aliphatic rings. The van der Waals surface area contributed by atoms with Gasteiger partial charge in [0.1, 0.15) is 0 Å². The molecule has 1 aromatic heterocycles. The maximum atomic E-state index is 5.56. The van der Waals surface area contributed by atoms with E-state index in [1.54, 1.807) is 12.1 Å². The van der Waals surface area contributed by atoms with Crippen molar-refractivity contribution < 1.29 is 0 Å². The maximum Gasteiger partial charge on any atom is 0.162 e. The van der Waals surface area contributed by atoms with Crippen LogP contribution in [0.1, 0.15) is 0 Å². The van der Waals surface area contributed by atoms with Gasteiger partial charge >= 0.3 is 0 Å². The molecule has 0 radical (unpaired) electrons. The number of nitrogens with zero attached hydrogens (tertiary/aromatic N) is 2. The number of aromatic nitrogens is 1. The second kappa shape index (κ2) is 3.42. The zero-order valence-electron chi connectivity index (χ0n) is 4.91. The quantitative estimate of drug-likeness (QED) is 0.478. The lowest BCUT2D eigenvalue weighted by molar-refractivity contribution is 1.28. The maximum absolute atomic E-state index is 5.56. The van der Waals surface area contributed by atoms with Gasteiger partial charge in [-0.1, -0.05) is 11.6 Å². The van der Waals surface area contributed by atoms with Crippen molar-refractivity contribution >= 4 is 34.8 Å². The van der Waals surface area contributed by atoms with Gasteiger partial charge in [-0.15, -0.1) is 0 Å². The molecule has 0 atom stereocenters. The molecular weight excluding hydrogens is 168 g/mol. The average Bonchev–Trinajstić information content (AvgIpc) is 1.95. The van der Waals surface area contributed by atoms with Crippen molar-refractivity contribution in [2.24, 2.45) is 4.99 Å². The summed E-state index contributed by atoms with van der Waals surface area (Å²) in [4.78, 5) is 7.48. The number of rotatable bonds is 1. The van der Waals surface area contributed by atoms with Crippen LogP contribution in [0.3, 0.4) is 0 Å². The Balaban J connectivity index is 3.00. The highest BCUT2D eigenvalue weighted by atomic mass is 35.5. The van der Waals surface area contributed by atoms with Gasteiger partial charge in [0.05, 0.1) is 10.2 Å². The Kier molecular flexibility index (Phi) is 2.51. The summed E-state index contributed by atoms with van der Waals surface area (Å²) in [5.41, 5.74) is 0. The van der Waals surface area contributed by atoms with Crippen molar-refractivity contribution in [2.75, 3.05) is 0 Å². The zero-order valence-corrected chi connectivity index (χ0v) is 6.49. The van der Waals surface area contributed by atoms with Crippen molar-refractivity contribution in [3.8, 4) is 0 Å². The highest BCUT2D eigenvalue weighted by Gasteiger charge is 1.87. The molecule has 50 valence electrons. The summed E-state index contributed by atoms with van der Waals surface area (Å²) < 4.78 is 0. The fourth-order valence-corrected chi connectivity index (χ4v) is 0.686. The van der Waals surface area contributed by atoms with Crippen LogP contribution < -0.4 is 0 Å². The standard InChI is InChI=1S/C6H3ClN2S/c7-5-1-2-6(8-3-5)9-4-10/h1-3H. The van der Waals surface area contributed by atoms with Crippen LogP contribution in [0, 0.1) is 0 Å². The first-order valence-corrected chi connectivity index (χ1v) is 3.31. The summed E-state index contributed by atoms with van der Waals surface area (Å²) in [6, 6.07) is 3.36. The van der Waals surface area contributed by atoms with E-state index in [-0.39, 0.29) is 0 Å². The summed E-state index contributed by atoms with van der Waals surface area (Å²) in [6.45, 7) is 0. The van der Waals surface area contributed by atoms with Crippen LogP contribution in [0.4, 0.5) is 5.82 Å². The number of hydrogen-bond donors (Lipinski definition) is 0. The number of pyridine rings is 1. The lowest BCUT2D eigenvalue weighted by Gasteiger charge is -1.87. The summed E-state index contributed by atoms with van der Waals surface area (Å²) in [6.07, 6.45) is 1.51. The van der Waals surface area contributed by atoms with Crippen molar-refractivity contribution in [1.29, 1.82) is 0 Å². The lowest BCUT2D eigenvalue weighted by Crippen LogP contribution is -1.70. The van der Waals surface area contributed by atoms with E-state index in [9.17, 15) is 0 Å². The van der Waals surface area contributed by atoms with Gasteiger partial charge in [-0.3, -0.25) is 0 Å².